The molecule has 0 spiro atoms. The highest BCUT2D eigenvalue weighted by Gasteiger charge is 2.43. The maximum absolute atomic E-state index is 12.4. The zero-order valence-electron chi connectivity index (χ0n) is 7.27. The summed E-state index contributed by atoms with van der Waals surface area (Å²) in [5.74, 6) is 0.0839. The fraction of sp³-hybridized carbons (Fsp3) is 0.625. The predicted molar refractivity (Wildman–Crippen MR) is 41.6 cm³/mol. The topological polar surface area (TPSA) is 52.0 Å². The zero-order chi connectivity index (χ0) is 10.3. The maximum atomic E-state index is 12.4. The first-order valence-corrected chi connectivity index (χ1v) is 4.29. The highest BCUT2D eigenvalue weighted by Crippen LogP contribution is 2.41. The Balaban J connectivity index is 2.45. The number of alkyl halides is 3. The van der Waals surface area contributed by atoms with Crippen LogP contribution in [0.15, 0.2) is 4.52 Å². The van der Waals surface area contributed by atoms with Gasteiger partial charge in [0, 0.05) is 17.9 Å². The number of fused-ring (bicyclic) bond motifs is 1. The van der Waals surface area contributed by atoms with Crippen molar-refractivity contribution in [2.75, 3.05) is 6.54 Å². The first-order valence-electron chi connectivity index (χ1n) is 4.29. The van der Waals surface area contributed by atoms with Gasteiger partial charge in [0.2, 0.25) is 0 Å². The average molecular weight is 206 g/mol. The largest absolute Gasteiger partial charge is 0.437 e. The van der Waals surface area contributed by atoms with E-state index in [9.17, 15) is 13.2 Å². The van der Waals surface area contributed by atoms with E-state index in [0.29, 0.717) is 18.6 Å². The molecule has 0 saturated heterocycles. The Labute approximate surface area is 78.1 Å². The molecule has 78 valence electrons. The van der Waals surface area contributed by atoms with Crippen molar-refractivity contribution in [3.63, 3.8) is 0 Å². The van der Waals surface area contributed by atoms with Crippen molar-refractivity contribution in [2.24, 2.45) is 5.73 Å². The van der Waals surface area contributed by atoms with Crippen LogP contribution in [0, 0.1) is 0 Å². The van der Waals surface area contributed by atoms with Crippen LogP contribution in [0.2, 0.25) is 0 Å². The lowest BCUT2D eigenvalue weighted by molar-refractivity contribution is -0.143. The third-order valence-electron chi connectivity index (χ3n) is 2.48. The summed E-state index contributed by atoms with van der Waals surface area (Å²) in [4.78, 5) is 0. The van der Waals surface area contributed by atoms with E-state index < -0.39 is 11.9 Å². The third-order valence-corrected chi connectivity index (χ3v) is 2.48. The van der Waals surface area contributed by atoms with E-state index in [4.69, 9.17) is 5.73 Å². The highest BCUT2D eigenvalue weighted by molar-refractivity contribution is 5.33. The van der Waals surface area contributed by atoms with Crippen LogP contribution in [0.5, 0.6) is 0 Å². The molecule has 0 radical (unpaired) electrons. The van der Waals surface area contributed by atoms with Crippen molar-refractivity contribution in [3.8, 4) is 0 Å². The van der Waals surface area contributed by atoms with Crippen LogP contribution < -0.4 is 5.73 Å². The Bertz CT molecular complexity index is 345. The van der Waals surface area contributed by atoms with Gasteiger partial charge in [0.1, 0.15) is 5.76 Å². The monoisotopic (exact) mass is 206 g/mol. The Morgan fingerprint density at radius 1 is 1.50 bits per heavy atom. The van der Waals surface area contributed by atoms with Crippen molar-refractivity contribution < 1.29 is 17.7 Å². The van der Waals surface area contributed by atoms with Gasteiger partial charge in [0.15, 0.2) is 5.69 Å². The van der Waals surface area contributed by atoms with Crippen LogP contribution in [-0.4, -0.2) is 11.7 Å². The maximum Gasteiger partial charge on any atom is 0.437 e. The molecule has 1 aliphatic rings. The molecular formula is C8H9F3N2O. The summed E-state index contributed by atoms with van der Waals surface area (Å²) in [5, 5.41) is 3.05. The van der Waals surface area contributed by atoms with E-state index >= 15 is 0 Å². The van der Waals surface area contributed by atoms with Gasteiger partial charge in [-0.05, 0) is 13.0 Å². The fourth-order valence-corrected chi connectivity index (χ4v) is 1.82. The van der Waals surface area contributed by atoms with Crippen molar-refractivity contribution in [1.29, 1.82) is 0 Å². The SMILES string of the molecule is NCC1CCc2onc(C(F)(F)F)c21. The van der Waals surface area contributed by atoms with Crippen LogP contribution in [0.4, 0.5) is 13.2 Å². The lowest BCUT2D eigenvalue weighted by Gasteiger charge is -2.09. The Morgan fingerprint density at radius 3 is 2.79 bits per heavy atom. The van der Waals surface area contributed by atoms with Gasteiger partial charge in [0.05, 0.1) is 0 Å². The van der Waals surface area contributed by atoms with Gasteiger partial charge in [-0.15, -0.1) is 0 Å². The highest BCUT2D eigenvalue weighted by atomic mass is 19.4. The predicted octanol–water partition coefficient (Wildman–Crippen LogP) is 1.68. The second-order valence-electron chi connectivity index (χ2n) is 3.34. The van der Waals surface area contributed by atoms with Gasteiger partial charge in [-0.3, -0.25) is 0 Å². The molecule has 1 aromatic heterocycles. The van der Waals surface area contributed by atoms with Crippen molar-refractivity contribution in [3.05, 3.63) is 17.0 Å². The molecular weight excluding hydrogens is 197 g/mol. The third kappa shape index (κ3) is 1.30. The molecule has 0 aliphatic heterocycles. The number of hydrogen-bond donors (Lipinski definition) is 1. The smallest absolute Gasteiger partial charge is 0.361 e. The molecule has 1 atom stereocenters. The molecule has 0 saturated carbocycles. The Kier molecular flexibility index (Phi) is 2.02. The number of aromatic nitrogens is 1. The number of rotatable bonds is 1. The summed E-state index contributed by atoms with van der Waals surface area (Å²) in [6, 6.07) is 0. The quantitative estimate of drug-likeness (QED) is 0.760. The summed E-state index contributed by atoms with van der Waals surface area (Å²) in [5.41, 5.74) is 4.65. The molecule has 1 aliphatic carbocycles. The molecule has 1 heterocycles. The van der Waals surface area contributed by atoms with Gasteiger partial charge in [0.25, 0.3) is 0 Å². The van der Waals surface area contributed by atoms with Crippen LogP contribution in [-0.2, 0) is 12.6 Å². The molecule has 14 heavy (non-hydrogen) atoms. The van der Waals surface area contributed by atoms with Gasteiger partial charge in [-0.25, -0.2) is 0 Å². The van der Waals surface area contributed by atoms with E-state index in [1.807, 2.05) is 0 Å². The fourth-order valence-electron chi connectivity index (χ4n) is 1.82. The molecule has 0 bridgehead atoms. The minimum Gasteiger partial charge on any atom is -0.361 e. The van der Waals surface area contributed by atoms with Crippen LogP contribution in [0.25, 0.3) is 0 Å². The standard InChI is InChI=1S/C8H9F3N2O/c9-8(10,11)7-6-4(3-12)1-2-5(6)14-13-7/h4H,1-3,12H2. The minimum atomic E-state index is -4.44. The number of nitrogens with zero attached hydrogens (tertiary/aromatic N) is 1. The molecule has 0 aromatic carbocycles. The first kappa shape index (κ1) is 9.51. The average Bonchev–Trinajstić information content (AvgIpc) is 2.59. The van der Waals surface area contributed by atoms with Crippen molar-refractivity contribution in [2.45, 2.75) is 24.9 Å². The summed E-state index contributed by atoms with van der Waals surface area (Å²) < 4.78 is 41.9. The van der Waals surface area contributed by atoms with E-state index in [0.717, 1.165) is 0 Å². The van der Waals surface area contributed by atoms with Gasteiger partial charge in [-0.1, -0.05) is 5.16 Å². The first-order chi connectivity index (χ1) is 6.54. The van der Waals surface area contributed by atoms with E-state index in [-0.39, 0.29) is 18.0 Å². The molecule has 0 fully saturated rings. The van der Waals surface area contributed by atoms with Gasteiger partial charge in [-0.2, -0.15) is 13.2 Å². The van der Waals surface area contributed by atoms with Crippen molar-refractivity contribution in [1.82, 2.24) is 5.16 Å². The van der Waals surface area contributed by atoms with Gasteiger partial charge < -0.3 is 10.3 Å². The lowest BCUT2D eigenvalue weighted by atomic mass is 10.0. The van der Waals surface area contributed by atoms with Crippen LogP contribution >= 0.6 is 0 Å². The number of halogens is 3. The second-order valence-corrected chi connectivity index (χ2v) is 3.34. The second kappa shape index (κ2) is 2.98. The van der Waals surface area contributed by atoms with Crippen LogP contribution in [0.3, 0.4) is 0 Å². The molecule has 0 amide bonds. The molecule has 1 aromatic rings. The number of aryl methyl sites for hydroxylation is 1. The van der Waals surface area contributed by atoms with Crippen LogP contribution in [0.1, 0.15) is 29.4 Å². The molecule has 1 unspecified atom stereocenters. The summed E-state index contributed by atoms with van der Waals surface area (Å²) in [6.07, 6.45) is -3.31. The van der Waals surface area contributed by atoms with Crippen molar-refractivity contribution >= 4 is 0 Å². The molecule has 2 N–H and O–H groups in total. The minimum absolute atomic E-state index is 0.167. The summed E-state index contributed by atoms with van der Waals surface area (Å²) in [6.45, 7) is 0.206. The lowest BCUT2D eigenvalue weighted by Crippen LogP contribution is -2.15. The van der Waals surface area contributed by atoms with E-state index in [1.165, 1.54) is 0 Å². The van der Waals surface area contributed by atoms with E-state index in [2.05, 4.69) is 9.68 Å². The number of nitrogens with two attached hydrogens (primary N) is 1. The van der Waals surface area contributed by atoms with E-state index in [1.54, 1.807) is 0 Å². The Morgan fingerprint density at radius 2 is 2.21 bits per heavy atom. The molecule has 3 nitrogen and oxygen atoms in total. The Hall–Kier alpha value is -1.04. The number of hydrogen-bond acceptors (Lipinski definition) is 3. The normalized spacial score (nSPS) is 21.3. The molecule has 6 heteroatoms. The van der Waals surface area contributed by atoms with Gasteiger partial charge >= 0.3 is 6.18 Å². The summed E-state index contributed by atoms with van der Waals surface area (Å²) >= 11 is 0. The summed E-state index contributed by atoms with van der Waals surface area (Å²) in [7, 11) is 0. The zero-order valence-corrected chi connectivity index (χ0v) is 7.27. The molecule has 2 rings (SSSR count).